The topological polar surface area (TPSA) is 61.1 Å². The lowest BCUT2D eigenvalue weighted by Crippen LogP contribution is -2.44. The van der Waals surface area contributed by atoms with Gasteiger partial charge in [-0.25, -0.2) is 4.79 Å². The molecule has 144 valence electrons. The molecule has 27 heavy (non-hydrogen) atoms. The van der Waals surface area contributed by atoms with Crippen LogP contribution in [0.1, 0.15) is 84.2 Å². The van der Waals surface area contributed by atoms with Gasteiger partial charge >= 0.3 is 5.69 Å². The van der Waals surface area contributed by atoms with E-state index in [0.717, 1.165) is 41.4 Å². The van der Waals surface area contributed by atoms with Crippen molar-refractivity contribution in [3.63, 3.8) is 0 Å². The molecule has 1 aromatic heterocycles. The number of benzene rings is 1. The minimum absolute atomic E-state index is 0.0216. The van der Waals surface area contributed by atoms with Crippen LogP contribution in [0.3, 0.4) is 0 Å². The van der Waals surface area contributed by atoms with Crippen LogP contribution in [0.15, 0.2) is 27.8 Å². The third-order valence-corrected chi connectivity index (χ3v) is 5.49. The molecule has 0 aliphatic heterocycles. The van der Waals surface area contributed by atoms with E-state index in [-0.39, 0.29) is 34.7 Å². The van der Waals surface area contributed by atoms with Gasteiger partial charge in [0.1, 0.15) is 5.69 Å². The second-order valence-corrected chi connectivity index (χ2v) is 8.08. The van der Waals surface area contributed by atoms with Crippen LogP contribution >= 0.6 is 0 Å². The molecule has 5 nitrogen and oxygen atoms in total. The third-order valence-electron chi connectivity index (χ3n) is 5.49. The second-order valence-electron chi connectivity index (χ2n) is 8.08. The zero-order valence-corrected chi connectivity index (χ0v) is 16.8. The summed E-state index contributed by atoms with van der Waals surface area (Å²) >= 11 is 0. The first-order chi connectivity index (χ1) is 12.7. The molecule has 0 unspecified atom stereocenters. The summed E-state index contributed by atoms with van der Waals surface area (Å²) < 4.78 is 2.77. The molecule has 1 aliphatic carbocycles. The highest BCUT2D eigenvalue weighted by Crippen LogP contribution is 2.31. The van der Waals surface area contributed by atoms with Gasteiger partial charge in [-0.3, -0.25) is 18.7 Å². The highest BCUT2D eigenvalue weighted by molar-refractivity contribution is 6.09. The summed E-state index contributed by atoms with van der Waals surface area (Å²) in [6.45, 7) is 7.69. The maximum atomic E-state index is 13.6. The van der Waals surface area contributed by atoms with E-state index in [2.05, 4.69) is 0 Å². The Hall–Kier alpha value is -2.43. The first-order valence-corrected chi connectivity index (χ1v) is 9.70. The van der Waals surface area contributed by atoms with Crippen LogP contribution in [0.5, 0.6) is 0 Å². The number of carbonyl (C=O) groups is 1. The summed E-state index contributed by atoms with van der Waals surface area (Å²) in [5.74, 6) is -0.381. The van der Waals surface area contributed by atoms with Gasteiger partial charge in [0.25, 0.3) is 5.56 Å². The number of aromatic nitrogens is 2. The Morgan fingerprint density at radius 2 is 1.59 bits per heavy atom. The Labute approximate surface area is 159 Å². The Balaban J connectivity index is 2.36. The average molecular weight is 368 g/mol. The van der Waals surface area contributed by atoms with Crippen molar-refractivity contribution >= 4 is 5.78 Å². The Morgan fingerprint density at radius 3 is 2.11 bits per heavy atom. The van der Waals surface area contributed by atoms with Crippen LogP contribution in [0.25, 0.3) is 0 Å². The van der Waals surface area contributed by atoms with E-state index in [1.165, 1.54) is 7.05 Å². The molecule has 0 radical (unpaired) electrons. The highest BCUT2D eigenvalue weighted by atomic mass is 16.2. The molecular formula is C22H28N2O3. The van der Waals surface area contributed by atoms with Crippen LogP contribution in [0, 0.1) is 13.8 Å². The summed E-state index contributed by atoms with van der Waals surface area (Å²) in [7, 11) is 1.51. The van der Waals surface area contributed by atoms with Crippen LogP contribution in [0.4, 0.5) is 0 Å². The molecule has 2 aromatic rings. The van der Waals surface area contributed by atoms with Crippen LogP contribution in [-0.2, 0) is 7.05 Å². The van der Waals surface area contributed by atoms with Gasteiger partial charge in [-0.15, -0.1) is 0 Å². The van der Waals surface area contributed by atoms with Gasteiger partial charge in [-0.1, -0.05) is 43.9 Å². The first kappa shape index (κ1) is 19.3. The molecule has 1 aliphatic rings. The SMILES string of the molecule is Cc1cc(C)cc(C(=O)c2c(C(C)C)c(=O)n(C)c(=O)n2C2CCCC2)c1. The Kier molecular flexibility index (Phi) is 5.22. The summed E-state index contributed by atoms with van der Waals surface area (Å²) in [6, 6.07) is 5.65. The molecule has 1 heterocycles. The number of carbonyl (C=O) groups excluding carboxylic acids is 1. The van der Waals surface area contributed by atoms with Crippen LogP contribution < -0.4 is 11.2 Å². The van der Waals surface area contributed by atoms with Gasteiger partial charge in [0.15, 0.2) is 0 Å². The van der Waals surface area contributed by atoms with Crippen molar-refractivity contribution in [2.24, 2.45) is 7.05 Å². The molecule has 0 saturated heterocycles. The third kappa shape index (κ3) is 3.43. The minimum Gasteiger partial charge on any atom is -0.287 e. The van der Waals surface area contributed by atoms with E-state index in [1.807, 2.05) is 45.9 Å². The molecule has 5 heteroatoms. The quantitative estimate of drug-likeness (QED) is 0.774. The number of hydrogen-bond donors (Lipinski definition) is 0. The predicted octanol–water partition coefficient (Wildman–Crippen LogP) is 3.63. The lowest BCUT2D eigenvalue weighted by molar-refractivity contribution is 0.102. The van der Waals surface area contributed by atoms with Crippen molar-refractivity contribution in [1.82, 2.24) is 9.13 Å². The maximum absolute atomic E-state index is 13.6. The summed E-state index contributed by atoms with van der Waals surface area (Å²) in [5, 5.41) is 0. The summed E-state index contributed by atoms with van der Waals surface area (Å²) in [4.78, 5) is 39.5. The molecule has 0 amide bonds. The van der Waals surface area contributed by atoms with E-state index >= 15 is 0 Å². The number of hydrogen-bond acceptors (Lipinski definition) is 3. The van der Waals surface area contributed by atoms with Crippen molar-refractivity contribution in [1.29, 1.82) is 0 Å². The molecule has 0 N–H and O–H groups in total. The van der Waals surface area contributed by atoms with Crippen molar-refractivity contribution in [3.05, 3.63) is 67.0 Å². The smallest absolute Gasteiger partial charge is 0.287 e. The van der Waals surface area contributed by atoms with Crippen molar-refractivity contribution in [2.75, 3.05) is 0 Å². The van der Waals surface area contributed by atoms with Crippen molar-refractivity contribution in [2.45, 2.75) is 65.3 Å². The van der Waals surface area contributed by atoms with E-state index in [0.29, 0.717) is 11.1 Å². The van der Waals surface area contributed by atoms with Gasteiger partial charge in [0, 0.05) is 24.2 Å². The Bertz CT molecular complexity index is 985. The predicted molar refractivity (Wildman–Crippen MR) is 107 cm³/mol. The summed E-state index contributed by atoms with van der Waals surface area (Å²) in [5.41, 5.74) is 2.49. The standard InChI is InChI=1S/C22H28N2O3/c1-13(2)18-19(20(25)16-11-14(3)10-15(4)12-16)24(17-8-6-7-9-17)22(27)23(5)21(18)26/h10-13,17H,6-9H2,1-5H3. The van der Waals surface area contributed by atoms with Crippen LogP contribution in [-0.4, -0.2) is 14.9 Å². The average Bonchev–Trinajstić information content (AvgIpc) is 3.11. The fourth-order valence-corrected chi connectivity index (χ4v) is 4.25. The molecular weight excluding hydrogens is 340 g/mol. The van der Waals surface area contributed by atoms with Gasteiger partial charge in [-0.05, 0) is 44.7 Å². The minimum atomic E-state index is -0.385. The number of nitrogens with zero attached hydrogens (tertiary/aromatic N) is 2. The fraction of sp³-hybridized carbons (Fsp3) is 0.500. The van der Waals surface area contributed by atoms with Gasteiger partial charge in [-0.2, -0.15) is 0 Å². The van der Waals surface area contributed by atoms with E-state index in [9.17, 15) is 14.4 Å². The van der Waals surface area contributed by atoms with Crippen molar-refractivity contribution < 1.29 is 4.79 Å². The highest BCUT2D eigenvalue weighted by Gasteiger charge is 2.30. The monoisotopic (exact) mass is 368 g/mol. The zero-order valence-electron chi connectivity index (χ0n) is 16.8. The maximum Gasteiger partial charge on any atom is 0.331 e. The molecule has 3 rings (SSSR count). The lowest BCUT2D eigenvalue weighted by Gasteiger charge is -2.23. The zero-order chi connectivity index (χ0) is 19.9. The molecule has 0 spiro atoms. The molecule has 1 aromatic carbocycles. The van der Waals surface area contributed by atoms with E-state index in [4.69, 9.17) is 0 Å². The van der Waals surface area contributed by atoms with Gasteiger partial charge in [0.05, 0.1) is 0 Å². The summed E-state index contributed by atoms with van der Waals surface area (Å²) in [6.07, 6.45) is 3.80. The lowest BCUT2D eigenvalue weighted by atomic mass is 9.94. The van der Waals surface area contributed by atoms with Gasteiger partial charge in [0.2, 0.25) is 5.78 Å². The largest absolute Gasteiger partial charge is 0.331 e. The molecule has 1 saturated carbocycles. The normalized spacial score (nSPS) is 14.9. The van der Waals surface area contributed by atoms with Crippen LogP contribution in [0.2, 0.25) is 0 Å². The molecule has 0 bridgehead atoms. The first-order valence-electron chi connectivity index (χ1n) is 9.70. The number of ketones is 1. The molecule has 0 atom stereocenters. The van der Waals surface area contributed by atoms with E-state index in [1.54, 1.807) is 4.57 Å². The van der Waals surface area contributed by atoms with E-state index < -0.39 is 0 Å². The molecule has 1 fully saturated rings. The van der Waals surface area contributed by atoms with Crippen molar-refractivity contribution in [3.8, 4) is 0 Å². The fourth-order valence-electron chi connectivity index (χ4n) is 4.25. The number of aryl methyl sites for hydroxylation is 2. The van der Waals surface area contributed by atoms with Gasteiger partial charge < -0.3 is 0 Å². The Morgan fingerprint density at radius 1 is 1.04 bits per heavy atom. The second kappa shape index (κ2) is 7.29. The number of rotatable bonds is 4.